The summed E-state index contributed by atoms with van der Waals surface area (Å²) in [7, 11) is 5.62. The number of halogens is 1. The average molecular weight is 843 g/mol. The Morgan fingerprint density at radius 2 is 1.55 bits per heavy atom. The number of methoxy groups -OCH3 is 4. The Balaban J connectivity index is 2.00. The topological polar surface area (TPSA) is 73.8 Å². The molecule has 0 aromatic heterocycles. The first kappa shape index (κ1) is 44.0. The molecule has 1 aliphatic heterocycles. The lowest BCUT2D eigenvalue weighted by atomic mass is 9.73. The lowest BCUT2D eigenvalue weighted by molar-refractivity contribution is -0.143. The second kappa shape index (κ2) is 21.5. The van der Waals surface area contributed by atoms with E-state index in [1.165, 1.54) is 5.56 Å². The van der Waals surface area contributed by atoms with Crippen molar-refractivity contribution in [1.82, 2.24) is 0 Å². The van der Waals surface area contributed by atoms with E-state index in [0.29, 0.717) is 55.5 Å². The number of ether oxygens (including phenoxy) is 8. The molecule has 0 aliphatic carbocycles. The maximum Gasteiger partial charge on any atom is 0.167 e. The Labute approximate surface area is 324 Å². The van der Waals surface area contributed by atoms with Crippen LogP contribution in [-0.2, 0) is 36.7 Å². The zero-order valence-corrected chi connectivity index (χ0v) is 36.7. The Morgan fingerprint density at radius 1 is 0.882 bits per heavy atom. The third-order valence-electron chi connectivity index (χ3n) is 10.6. The summed E-state index contributed by atoms with van der Waals surface area (Å²) in [6, 6.07) is 11.5. The zero-order chi connectivity index (χ0) is 37.7. The van der Waals surface area contributed by atoms with E-state index >= 15 is 0 Å². The van der Waals surface area contributed by atoms with E-state index < -0.39 is 8.07 Å². The van der Waals surface area contributed by atoms with Crippen molar-refractivity contribution in [3.63, 3.8) is 0 Å². The molecule has 0 amide bonds. The van der Waals surface area contributed by atoms with Gasteiger partial charge < -0.3 is 37.9 Å². The van der Waals surface area contributed by atoms with Crippen molar-refractivity contribution >= 4 is 30.7 Å². The molecule has 8 nitrogen and oxygen atoms in total. The molecule has 1 aliphatic rings. The molecule has 1 heterocycles. The van der Waals surface area contributed by atoms with Crippen LogP contribution in [-0.4, -0.2) is 79.8 Å². The Kier molecular flexibility index (Phi) is 18.5. The van der Waals surface area contributed by atoms with Crippen LogP contribution < -0.4 is 14.2 Å². The molecule has 8 atom stereocenters. The molecule has 2 aromatic rings. The summed E-state index contributed by atoms with van der Waals surface area (Å²) < 4.78 is 51.0. The molecule has 2 aromatic carbocycles. The van der Waals surface area contributed by atoms with Crippen molar-refractivity contribution in [3.05, 3.63) is 52.6 Å². The average Bonchev–Trinajstić information content (AvgIpc) is 3.09. The van der Waals surface area contributed by atoms with Gasteiger partial charge in [-0.05, 0) is 54.5 Å². The summed E-state index contributed by atoms with van der Waals surface area (Å²) >= 11 is 2.47. The molecule has 0 radical (unpaired) electrons. The minimum atomic E-state index is -1.20. The van der Waals surface area contributed by atoms with Crippen LogP contribution in [0.15, 0.2) is 30.3 Å². The van der Waals surface area contributed by atoms with Crippen molar-refractivity contribution in [3.8, 4) is 17.2 Å². The smallest absolute Gasteiger partial charge is 0.167 e. The Morgan fingerprint density at radius 3 is 2.14 bits per heavy atom. The predicted octanol–water partition coefficient (Wildman–Crippen LogP) is 9.55. The van der Waals surface area contributed by atoms with Crippen molar-refractivity contribution in [2.24, 2.45) is 29.6 Å². The summed E-state index contributed by atoms with van der Waals surface area (Å²) in [5.41, 5.74) is 4.09. The molecular formula is C41H67IO8Si. The van der Waals surface area contributed by atoms with Crippen LogP contribution in [0, 0.1) is 36.5 Å². The van der Waals surface area contributed by atoms with Crippen LogP contribution in [0.4, 0.5) is 0 Å². The molecule has 1 saturated heterocycles. The summed E-state index contributed by atoms with van der Waals surface area (Å²) in [6.07, 6.45) is 1.16. The maximum absolute atomic E-state index is 7.10. The maximum atomic E-state index is 7.10. The third-order valence-corrected chi connectivity index (χ3v) is 13.1. The van der Waals surface area contributed by atoms with Crippen molar-refractivity contribution in [2.45, 2.75) is 98.1 Å². The summed E-state index contributed by atoms with van der Waals surface area (Å²) in [5, 5.41) is 0. The second-order valence-electron chi connectivity index (χ2n) is 15.8. The fourth-order valence-corrected chi connectivity index (χ4v) is 9.29. The third kappa shape index (κ3) is 12.3. The fourth-order valence-electron chi connectivity index (χ4n) is 7.52. The van der Waals surface area contributed by atoms with Gasteiger partial charge in [0, 0.05) is 55.9 Å². The van der Waals surface area contributed by atoms with Crippen molar-refractivity contribution in [1.29, 1.82) is 0 Å². The molecule has 10 heteroatoms. The molecule has 51 heavy (non-hydrogen) atoms. The van der Waals surface area contributed by atoms with Crippen molar-refractivity contribution in [2.75, 3.05) is 59.5 Å². The molecule has 0 spiro atoms. The Hall–Kier alpha value is -1.41. The highest BCUT2D eigenvalue weighted by Crippen LogP contribution is 2.53. The van der Waals surface area contributed by atoms with Crippen LogP contribution in [0.1, 0.15) is 62.5 Å². The van der Waals surface area contributed by atoms with Gasteiger partial charge in [0.05, 0.1) is 52.9 Å². The minimum Gasteiger partial charge on any atom is -0.496 e. The first-order valence-electron chi connectivity index (χ1n) is 18.6. The number of hydrogen-bond donors (Lipinski definition) is 0. The Bertz CT molecular complexity index is 1310. The molecule has 0 unspecified atom stereocenters. The highest BCUT2D eigenvalue weighted by molar-refractivity contribution is 14.1. The van der Waals surface area contributed by atoms with Gasteiger partial charge in [-0.3, -0.25) is 0 Å². The van der Waals surface area contributed by atoms with Crippen LogP contribution in [0.5, 0.6) is 17.2 Å². The van der Waals surface area contributed by atoms with Gasteiger partial charge in [0.15, 0.2) is 11.5 Å². The zero-order valence-electron chi connectivity index (χ0n) is 33.5. The molecule has 0 bridgehead atoms. The van der Waals surface area contributed by atoms with Crippen LogP contribution in [0.2, 0.25) is 25.7 Å². The summed E-state index contributed by atoms with van der Waals surface area (Å²) in [6.45, 7) is 21.3. The van der Waals surface area contributed by atoms with E-state index in [1.807, 2.05) is 25.1 Å². The van der Waals surface area contributed by atoms with Crippen LogP contribution >= 0.6 is 22.6 Å². The van der Waals surface area contributed by atoms with Gasteiger partial charge in [0.25, 0.3) is 0 Å². The molecular weight excluding hydrogens is 775 g/mol. The first-order valence-corrected chi connectivity index (χ1v) is 23.9. The SMILES string of the molecule is COCO[C@@H](Cc1c(OC)c(C)c(OC)c(OC)c1[C@@H]1O[C@H](CI)[C@H](C)[C@H](COCC[Si](C)(C)C)[C@H]1C)[C@@H](C)C[C@H](C)COCc1ccccc1. The molecule has 290 valence electrons. The monoisotopic (exact) mass is 842 g/mol. The minimum absolute atomic E-state index is 0.0597. The van der Waals surface area contributed by atoms with Gasteiger partial charge in [-0.15, -0.1) is 0 Å². The van der Waals surface area contributed by atoms with Gasteiger partial charge in [0.1, 0.15) is 12.5 Å². The van der Waals surface area contributed by atoms with E-state index in [-0.39, 0.29) is 36.9 Å². The van der Waals surface area contributed by atoms with E-state index in [2.05, 4.69) is 82.1 Å². The van der Waals surface area contributed by atoms with Crippen molar-refractivity contribution < 1.29 is 37.9 Å². The molecule has 3 rings (SSSR count). The molecule has 0 saturated carbocycles. The summed E-state index contributed by atoms with van der Waals surface area (Å²) in [5.74, 6) is 3.47. The lowest BCUT2D eigenvalue weighted by Gasteiger charge is -2.46. The molecule has 0 N–H and O–H groups in total. The largest absolute Gasteiger partial charge is 0.496 e. The van der Waals surface area contributed by atoms with Gasteiger partial charge in [0.2, 0.25) is 0 Å². The van der Waals surface area contributed by atoms with E-state index in [0.717, 1.165) is 45.9 Å². The highest BCUT2D eigenvalue weighted by atomic mass is 127. The predicted molar refractivity (Wildman–Crippen MR) is 218 cm³/mol. The number of benzene rings is 2. The van der Waals surface area contributed by atoms with Gasteiger partial charge in [-0.25, -0.2) is 0 Å². The van der Waals surface area contributed by atoms with Crippen LogP contribution in [0.25, 0.3) is 0 Å². The molecule has 1 fully saturated rings. The number of rotatable bonds is 22. The summed E-state index contributed by atoms with van der Waals surface area (Å²) in [4.78, 5) is 0. The second-order valence-corrected chi connectivity index (χ2v) is 22.3. The van der Waals surface area contributed by atoms with E-state index in [1.54, 1.807) is 28.4 Å². The van der Waals surface area contributed by atoms with E-state index in [4.69, 9.17) is 37.9 Å². The van der Waals surface area contributed by atoms with Gasteiger partial charge in [-0.1, -0.05) is 100 Å². The lowest BCUT2D eigenvalue weighted by Crippen LogP contribution is -2.45. The fraction of sp³-hybridized carbons (Fsp3) is 0.707. The van der Waals surface area contributed by atoms with E-state index in [9.17, 15) is 0 Å². The van der Waals surface area contributed by atoms with Gasteiger partial charge >= 0.3 is 0 Å². The van der Waals surface area contributed by atoms with Gasteiger partial charge in [-0.2, -0.15) is 0 Å². The highest BCUT2D eigenvalue weighted by Gasteiger charge is 2.45. The first-order chi connectivity index (χ1) is 24.3. The number of hydrogen-bond acceptors (Lipinski definition) is 8. The standard InChI is InChI=1S/C41H67IO8Si/c1-27(23-48-24-32-16-14-13-15-17-32)20-28(2)35(49-26-43-6)21-33-37(41(46-9)40(45-8)31(5)38(33)44-7)39-30(4)34(29(3)36(22-42)50-39)25-47-18-19-51(10,11)12/h13-17,27-30,34-36,39H,18-26H2,1-12H3/t27-,28-,29+,30+,34-,35-,36+,39+/m0/s1. The normalized spacial score (nSPS) is 22.7. The quantitative estimate of drug-likeness (QED) is 0.0382. The van der Waals surface area contributed by atoms with Crippen LogP contribution in [0.3, 0.4) is 0 Å². The number of alkyl halides is 1.